The number of ether oxygens (including phenoxy) is 1. The fourth-order valence-corrected chi connectivity index (χ4v) is 4.16. The second-order valence-electron chi connectivity index (χ2n) is 7.73. The van der Waals surface area contributed by atoms with Crippen LogP contribution in [0.3, 0.4) is 0 Å². The van der Waals surface area contributed by atoms with Gasteiger partial charge in [-0.3, -0.25) is 0 Å². The monoisotopic (exact) mass is 441 g/mol. The normalized spacial score (nSPS) is 14.9. The van der Waals surface area contributed by atoms with E-state index in [0.717, 1.165) is 22.3 Å². The molecule has 4 rings (SSSR count). The number of hydrogen-bond acceptors (Lipinski definition) is 3. The Hall–Kier alpha value is -3.32. The average Bonchev–Trinajstić information content (AvgIpc) is 3.11. The van der Waals surface area contributed by atoms with Crippen molar-refractivity contribution < 1.29 is 27.8 Å². The number of alkyl halides is 3. The molecule has 3 aromatic carbocycles. The highest BCUT2D eigenvalue weighted by molar-refractivity contribution is 5.79. The number of benzene rings is 3. The Morgan fingerprint density at radius 2 is 1.41 bits per heavy atom. The number of carbonyl (C=O) groups excluding carboxylic acids is 1. The molecule has 1 atom stereocenters. The third-order valence-corrected chi connectivity index (χ3v) is 5.82. The van der Waals surface area contributed by atoms with Crippen LogP contribution in [0.15, 0.2) is 78.9 Å². The van der Waals surface area contributed by atoms with E-state index in [2.05, 4.69) is 5.32 Å². The highest BCUT2D eigenvalue weighted by atomic mass is 19.4. The van der Waals surface area contributed by atoms with Gasteiger partial charge >= 0.3 is 12.3 Å². The third kappa shape index (κ3) is 4.08. The van der Waals surface area contributed by atoms with Crippen molar-refractivity contribution in [3.8, 4) is 11.1 Å². The quantitative estimate of drug-likeness (QED) is 0.541. The Labute approximate surface area is 183 Å². The molecular formula is C25H22F3NO3. The lowest BCUT2D eigenvalue weighted by molar-refractivity contribution is -0.268. The number of halogens is 3. The summed E-state index contributed by atoms with van der Waals surface area (Å²) >= 11 is 0. The maximum absolute atomic E-state index is 13.6. The largest absolute Gasteiger partial charge is 0.449 e. The summed E-state index contributed by atoms with van der Waals surface area (Å²) in [4.78, 5) is 12.2. The van der Waals surface area contributed by atoms with Gasteiger partial charge in [0.05, 0.1) is 0 Å². The minimum atomic E-state index is -4.89. The van der Waals surface area contributed by atoms with Crippen molar-refractivity contribution in [1.29, 1.82) is 0 Å². The van der Waals surface area contributed by atoms with E-state index in [0.29, 0.717) is 0 Å². The number of alkyl carbamates (subject to hydrolysis) is 1. The van der Waals surface area contributed by atoms with E-state index in [1.807, 2.05) is 48.5 Å². The van der Waals surface area contributed by atoms with E-state index in [-0.39, 0.29) is 18.1 Å². The van der Waals surface area contributed by atoms with Crippen LogP contribution < -0.4 is 5.32 Å². The summed E-state index contributed by atoms with van der Waals surface area (Å²) in [7, 11) is 0. The zero-order chi connectivity index (χ0) is 22.8. The van der Waals surface area contributed by atoms with E-state index >= 15 is 0 Å². The van der Waals surface area contributed by atoms with E-state index in [9.17, 15) is 23.1 Å². The van der Waals surface area contributed by atoms with Gasteiger partial charge in [0.2, 0.25) is 0 Å². The summed E-state index contributed by atoms with van der Waals surface area (Å²) in [6, 6.07) is 22.5. The lowest BCUT2D eigenvalue weighted by atomic mass is 9.89. The predicted molar refractivity (Wildman–Crippen MR) is 114 cm³/mol. The highest BCUT2D eigenvalue weighted by Gasteiger charge is 2.54. The lowest BCUT2D eigenvalue weighted by Crippen LogP contribution is -2.45. The van der Waals surface area contributed by atoms with Crippen LogP contribution in [0.25, 0.3) is 11.1 Å². The summed E-state index contributed by atoms with van der Waals surface area (Å²) in [5, 5.41) is 12.7. The SMILES string of the molecule is O=C(NCCC(O)(c1ccccc1)C(F)(F)F)OCC1c2ccccc2-c2ccccc21. The number of carbonyl (C=O) groups is 1. The van der Waals surface area contributed by atoms with Gasteiger partial charge in [0, 0.05) is 18.9 Å². The van der Waals surface area contributed by atoms with Gasteiger partial charge in [0.15, 0.2) is 5.60 Å². The van der Waals surface area contributed by atoms with Gasteiger partial charge in [-0.15, -0.1) is 0 Å². The van der Waals surface area contributed by atoms with Crippen LogP contribution in [0.2, 0.25) is 0 Å². The van der Waals surface area contributed by atoms with E-state index in [1.54, 1.807) is 6.07 Å². The molecular weight excluding hydrogens is 419 g/mol. The number of aliphatic hydroxyl groups is 1. The molecule has 3 aromatic rings. The summed E-state index contributed by atoms with van der Waals surface area (Å²) in [5.74, 6) is -0.149. The first-order chi connectivity index (χ1) is 15.3. The zero-order valence-corrected chi connectivity index (χ0v) is 17.1. The maximum atomic E-state index is 13.6. The van der Waals surface area contributed by atoms with Crippen LogP contribution >= 0.6 is 0 Å². The Bertz CT molecular complexity index is 1060. The zero-order valence-electron chi connectivity index (χ0n) is 17.1. The summed E-state index contributed by atoms with van der Waals surface area (Å²) < 4.78 is 46.0. The Kier molecular flexibility index (Phi) is 5.93. The Balaban J connectivity index is 1.38. The minimum absolute atomic E-state index is 0.0576. The van der Waals surface area contributed by atoms with Gasteiger partial charge < -0.3 is 15.2 Å². The van der Waals surface area contributed by atoms with Gasteiger partial charge in [-0.05, 0) is 27.8 Å². The molecule has 1 unspecified atom stereocenters. The number of fused-ring (bicyclic) bond motifs is 3. The van der Waals surface area contributed by atoms with Gasteiger partial charge in [-0.2, -0.15) is 13.2 Å². The fraction of sp³-hybridized carbons (Fsp3) is 0.240. The van der Waals surface area contributed by atoms with Crippen molar-refractivity contribution in [2.75, 3.05) is 13.2 Å². The summed E-state index contributed by atoms with van der Waals surface area (Å²) in [6.45, 7) is -0.344. The van der Waals surface area contributed by atoms with Crippen molar-refractivity contribution in [3.05, 3.63) is 95.6 Å². The summed E-state index contributed by atoms with van der Waals surface area (Å²) in [6.07, 6.45) is -6.45. The van der Waals surface area contributed by atoms with Crippen LogP contribution in [0.1, 0.15) is 29.0 Å². The standard InChI is InChI=1S/C25H22F3NO3/c26-25(27,28)24(31,17-8-2-1-3-9-17)14-15-29-23(30)32-16-22-20-12-6-4-10-18(20)19-11-5-7-13-21(19)22/h1-13,22,31H,14-16H2,(H,29,30). The molecule has 166 valence electrons. The molecule has 0 spiro atoms. The molecule has 0 bridgehead atoms. The van der Waals surface area contributed by atoms with Crippen molar-refractivity contribution >= 4 is 6.09 Å². The first kappa shape index (κ1) is 21.9. The van der Waals surface area contributed by atoms with Gasteiger partial charge in [-0.25, -0.2) is 4.79 Å². The predicted octanol–water partition coefficient (Wildman–Crippen LogP) is 5.37. The molecule has 7 heteroatoms. The minimum Gasteiger partial charge on any atom is -0.449 e. The van der Waals surface area contributed by atoms with Gasteiger partial charge in [0.1, 0.15) is 6.61 Å². The average molecular weight is 441 g/mol. The molecule has 0 saturated carbocycles. The van der Waals surface area contributed by atoms with Crippen molar-refractivity contribution in [2.24, 2.45) is 0 Å². The molecule has 32 heavy (non-hydrogen) atoms. The lowest BCUT2D eigenvalue weighted by Gasteiger charge is -2.31. The molecule has 1 aliphatic rings. The van der Waals surface area contributed by atoms with Crippen LogP contribution in [-0.2, 0) is 10.3 Å². The van der Waals surface area contributed by atoms with Crippen LogP contribution in [-0.4, -0.2) is 30.5 Å². The first-order valence-electron chi connectivity index (χ1n) is 10.2. The maximum Gasteiger partial charge on any atom is 0.421 e. The topological polar surface area (TPSA) is 58.6 Å². The van der Waals surface area contributed by atoms with Crippen LogP contribution in [0, 0.1) is 0 Å². The molecule has 1 aliphatic carbocycles. The Morgan fingerprint density at radius 1 is 0.875 bits per heavy atom. The third-order valence-electron chi connectivity index (χ3n) is 5.82. The van der Waals surface area contributed by atoms with Gasteiger partial charge in [0.25, 0.3) is 0 Å². The first-order valence-corrected chi connectivity index (χ1v) is 10.2. The van der Waals surface area contributed by atoms with E-state index < -0.39 is 30.8 Å². The van der Waals surface area contributed by atoms with Gasteiger partial charge in [-0.1, -0.05) is 78.9 Å². The molecule has 0 radical (unpaired) electrons. The number of amides is 1. The van der Waals surface area contributed by atoms with Crippen molar-refractivity contribution in [2.45, 2.75) is 24.1 Å². The smallest absolute Gasteiger partial charge is 0.421 e. The Morgan fingerprint density at radius 3 is 1.97 bits per heavy atom. The molecule has 2 N–H and O–H groups in total. The van der Waals surface area contributed by atoms with Crippen LogP contribution in [0.4, 0.5) is 18.0 Å². The van der Waals surface area contributed by atoms with E-state index in [4.69, 9.17) is 4.74 Å². The number of nitrogens with one attached hydrogen (secondary N) is 1. The van der Waals surface area contributed by atoms with Crippen molar-refractivity contribution in [3.63, 3.8) is 0 Å². The molecule has 0 aliphatic heterocycles. The molecule has 0 saturated heterocycles. The van der Waals surface area contributed by atoms with Crippen LogP contribution in [0.5, 0.6) is 0 Å². The highest BCUT2D eigenvalue weighted by Crippen LogP contribution is 2.44. The van der Waals surface area contributed by atoms with Crippen molar-refractivity contribution in [1.82, 2.24) is 5.32 Å². The second kappa shape index (κ2) is 8.67. The van der Waals surface area contributed by atoms with E-state index in [1.165, 1.54) is 24.3 Å². The fourth-order valence-electron chi connectivity index (χ4n) is 4.16. The molecule has 1 amide bonds. The second-order valence-corrected chi connectivity index (χ2v) is 7.73. The number of rotatable bonds is 6. The molecule has 0 fully saturated rings. The molecule has 0 heterocycles. The molecule has 0 aromatic heterocycles. The molecule has 4 nitrogen and oxygen atoms in total. The number of hydrogen-bond donors (Lipinski definition) is 2. The summed E-state index contributed by atoms with van der Waals surface area (Å²) in [5.41, 5.74) is 0.895.